The molecule has 0 aliphatic rings. The van der Waals surface area contributed by atoms with Crippen LogP contribution >= 0.6 is 0 Å². The third kappa shape index (κ3) is 1.58. The molecule has 3 heteroatoms. The van der Waals surface area contributed by atoms with Crippen LogP contribution in [0.15, 0.2) is 36.7 Å². The smallest absolute Gasteiger partial charge is 0.140 e. The first-order chi connectivity index (χ1) is 8.05. The molecule has 2 heterocycles. The molecule has 0 unspecified atom stereocenters. The molecule has 0 amide bonds. The quantitative estimate of drug-likeness (QED) is 0.588. The Balaban J connectivity index is 2.34. The molecular weight excluding hydrogens is 210 g/mol. The average molecular weight is 225 g/mol. The number of fused-ring (bicyclic) bond motifs is 3. The van der Waals surface area contributed by atoms with Crippen molar-refractivity contribution in [2.75, 3.05) is 0 Å². The Labute approximate surface area is 100 Å². The van der Waals surface area contributed by atoms with Crippen molar-refractivity contribution in [2.45, 2.75) is 26.2 Å². The van der Waals surface area contributed by atoms with Crippen LogP contribution in [0.25, 0.3) is 16.7 Å². The summed E-state index contributed by atoms with van der Waals surface area (Å²) in [5.41, 5.74) is 4.21. The molecule has 0 atom stereocenters. The summed E-state index contributed by atoms with van der Waals surface area (Å²) in [6.45, 7) is 6.48. The zero-order chi connectivity index (χ0) is 12.0. The fraction of sp³-hybridized carbons (Fsp3) is 0.286. The largest absolute Gasteiger partial charge is 0.283 e. The molecule has 0 fully saturated rings. The molecule has 0 radical (unpaired) electrons. The van der Waals surface area contributed by atoms with E-state index in [1.54, 1.807) is 0 Å². The first kappa shape index (κ1) is 10.3. The lowest BCUT2D eigenvalue weighted by Gasteiger charge is -2.17. The number of benzene rings is 1. The second-order valence-electron chi connectivity index (χ2n) is 5.35. The predicted molar refractivity (Wildman–Crippen MR) is 69.2 cm³/mol. The van der Waals surface area contributed by atoms with Gasteiger partial charge in [-0.25, -0.2) is 9.97 Å². The molecule has 86 valence electrons. The van der Waals surface area contributed by atoms with Gasteiger partial charge in [0.15, 0.2) is 0 Å². The highest BCUT2D eigenvalue weighted by Gasteiger charge is 2.16. The van der Waals surface area contributed by atoms with Crippen molar-refractivity contribution in [3.8, 4) is 0 Å². The second-order valence-corrected chi connectivity index (χ2v) is 5.35. The van der Waals surface area contributed by atoms with Crippen molar-refractivity contribution in [2.24, 2.45) is 0 Å². The van der Waals surface area contributed by atoms with Crippen LogP contribution in [0.1, 0.15) is 26.5 Å². The number of para-hydroxylation sites is 2. The Kier molecular flexibility index (Phi) is 1.99. The number of imidazole rings is 1. The Morgan fingerprint density at radius 3 is 2.65 bits per heavy atom. The Bertz CT molecular complexity index is 689. The summed E-state index contributed by atoms with van der Waals surface area (Å²) in [4.78, 5) is 9.14. The molecule has 17 heavy (non-hydrogen) atoms. The number of rotatable bonds is 0. The first-order valence-corrected chi connectivity index (χ1v) is 5.79. The summed E-state index contributed by atoms with van der Waals surface area (Å²) in [5, 5.41) is 0. The van der Waals surface area contributed by atoms with Gasteiger partial charge in [0.2, 0.25) is 0 Å². The molecule has 0 spiro atoms. The van der Waals surface area contributed by atoms with Gasteiger partial charge >= 0.3 is 0 Å². The van der Waals surface area contributed by atoms with Gasteiger partial charge in [-0.2, -0.15) is 0 Å². The van der Waals surface area contributed by atoms with Gasteiger partial charge in [0.05, 0.1) is 16.7 Å². The SMILES string of the molecule is CC(C)(C)c1cc2nc3ccccc3n2cn1. The maximum Gasteiger partial charge on any atom is 0.140 e. The lowest BCUT2D eigenvalue weighted by molar-refractivity contribution is 0.567. The molecule has 0 saturated heterocycles. The van der Waals surface area contributed by atoms with E-state index >= 15 is 0 Å². The lowest BCUT2D eigenvalue weighted by atomic mass is 9.92. The van der Waals surface area contributed by atoms with E-state index in [1.807, 2.05) is 28.9 Å². The van der Waals surface area contributed by atoms with Gasteiger partial charge in [-0.3, -0.25) is 4.40 Å². The number of hydrogen-bond donors (Lipinski definition) is 0. The molecule has 0 saturated carbocycles. The van der Waals surface area contributed by atoms with Crippen LogP contribution in [-0.2, 0) is 5.41 Å². The van der Waals surface area contributed by atoms with Crippen molar-refractivity contribution in [1.82, 2.24) is 14.4 Å². The zero-order valence-corrected chi connectivity index (χ0v) is 10.3. The fourth-order valence-corrected chi connectivity index (χ4v) is 1.98. The standard InChI is InChI=1S/C14H15N3/c1-14(2,3)12-8-13-16-10-6-4-5-7-11(10)17(13)9-15-12/h4-9H,1-3H3. The van der Waals surface area contributed by atoms with Crippen LogP contribution in [0.4, 0.5) is 0 Å². The third-order valence-electron chi connectivity index (χ3n) is 2.97. The van der Waals surface area contributed by atoms with Gasteiger partial charge in [0.1, 0.15) is 12.0 Å². The van der Waals surface area contributed by atoms with E-state index in [2.05, 4.69) is 42.9 Å². The summed E-state index contributed by atoms with van der Waals surface area (Å²) >= 11 is 0. The molecule has 3 aromatic rings. The van der Waals surface area contributed by atoms with E-state index in [1.165, 1.54) is 0 Å². The van der Waals surface area contributed by atoms with E-state index in [-0.39, 0.29) is 5.41 Å². The Morgan fingerprint density at radius 2 is 1.88 bits per heavy atom. The van der Waals surface area contributed by atoms with Gasteiger partial charge < -0.3 is 0 Å². The predicted octanol–water partition coefficient (Wildman–Crippen LogP) is 3.18. The van der Waals surface area contributed by atoms with Gasteiger partial charge in [0, 0.05) is 11.5 Å². The van der Waals surface area contributed by atoms with Crippen molar-refractivity contribution in [3.05, 3.63) is 42.4 Å². The molecule has 3 nitrogen and oxygen atoms in total. The Hall–Kier alpha value is -1.90. The molecule has 0 bridgehead atoms. The van der Waals surface area contributed by atoms with Crippen LogP contribution in [0.5, 0.6) is 0 Å². The van der Waals surface area contributed by atoms with Crippen LogP contribution in [0.2, 0.25) is 0 Å². The molecule has 0 N–H and O–H groups in total. The second kappa shape index (κ2) is 3.29. The highest BCUT2D eigenvalue weighted by molar-refractivity contribution is 5.80. The molecule has 1 aromatic carbocycles. The van der Waals surface area contributed by atoms with Gasteiger partial charge in [-0.05, 0) is 12.1 Å². The summed E-state index contributed by atoms with van der Waals surface area (Å²) in [6, 6.07) is 10.2. The summed E-state index contributed by atoms with van der Waals surface area (Å²) < 4.78 is 2.03. The number of nitrogens with zero attached hydrogens (tertiary/aromatic N) is 3. The molecule has 3 rings (SSSR count). The summed E-state index contributed by atoms with van der Waals surface area (Å²) in [7, 11) is 0. The normalized spacial score (nSPS) is 12.4. The van der Waals surface area contributed by atoms with Gasteiger partial charge in [0.25, 0.3) is 0 Å². The van der Waals surface area contributed by atoms with Crippen molar-refractivity contribution in [1.29, 1.82) is 0 Å². The van der Waals surface area contributed by atoms with Crippen molar-refractivity contribution >= 4 is 16.7 Å². The molecule has 2 aromatic heterocycles. The van der Waals surface area contributed by atoms with E-state index in [4.69, 9.17) is 0 Å². The lowest BCUT2D eigenvalue weighted by Crippen LogP contribution is -2.13. The topological polar surface area (TPSA) is 30.2 Å². The maximum absolute atomic E-state index is 4.61. The van der Waals surface area contributed by atoms with Crippen molar-refractivity contribution in [3.63, 3.8) is 0 Å². The van der Waals surface area contributed by atoms with E-state index < -0.39 is 0 Å². The van der Waals surface area contributed by atoms with E-state index in [0.29, 0.717) is 0 Å². The van der Waals surface area contributed by atoms with Crippen LogP contribution in [0, 0.1) is 0 Å². The minimum absolute atomic E-state index is 0.0554. The molecule has 0 aliphatic heterocycles. The third-order valence-corrected chi connectivity index (χ3v) is 2.97. The van der Waals surface area contributed by atoms with Crippen LogP contribution in [0.3, 0.4) is 0 Å². The van der Waals surface area contributed by atoms with Crippen LogP contribution < -0.4 is 0 Å². The van der Waals surface area contributed by atoms with E-state index in [0.717, 1.165) is 22.4 Å². The Morgan fingerprint density at radius 1 is 1.12 bits per heavy atom. The van der Waals surface area contributed by atoms with E-state index in [9.17, 15) is 0 Å². The molecular formula is C14H15N3. The first-order valence-electron chi connectivity index (χ1n) is 5.79. The highest BCUT2D eigenvalue weighted by Crippen LogP contribution is 2.22. The van der Waals surface area contributed by atoms with Crippen LogP contribution in [-0.4, -0.2) is 14.4 Å². The fourth-order valence-electron chi connectivity index (χ4n) is 1.98. The van der Waals surface area contributed by atoms with Crippen molar-refractivity contribution < 1.29 is 0 Å². The number of aromatic nitrogens is 3. The highest BCUT2D eigenvalue weighted by atomic mass is 15.0. The van der Waals surface area contributed by atoms with Gasteiger partial charge in [-0.15, -0.1) is 0 Å². The summed E-state index contributed by atoms with van der Waals surface area (Å²) in [6.07, 6.45) is 1.87. The summed E-state index contributed by atoms with van der Waals surface area (Å²) in [5.74, 6) is 0. The minimum atomic E-state index is 0.0554. The average Bonchev–Trinajstić information content (AvgIpc) is 2.65. The molecule has 0 aliphatic carbocycles. The van der Waals surface area contributed by atoms with Gasteiger partial charge in [-0.1, -0.05) is 32.9 Å². The maximum atomic E-state index is 4.61. The minimum Gasteiger partial charge on any atom is -0.283 e. The number of hydrogen-bond acceptors (Lipinski definition) is 2. The zero-order valence-electron chi connectivity index (χ0n) is 10.3. The monoisotopic (exact) mass is 225 g/mol.